The number of hydrogen-bond acceptors (Lipinski definition) is 5. The summed E-state index contributed by atoms with van der Waals surface area (Å²) in [5.74, 6) is -1.32. The van der Waals surface area contributed by atoms with Crippen molar-refractivity contribution in [3.8, 4) is 0 Å². The Hall–Kier alpha value is -1.40. The lowest BCUT2D eigenvalue weighted by Crippen LogP contribution is -2.40. The zero-order valence-electron chi connectivity index (χ0n) is 12.0. The van der Waals surface area contributed by atoms with Gasteiger partial charge in [0.05, 0.1) is 31.8 Å². The molecule has 4 heterocycles. The summed E-state index contributed by atoms with van der Waals surface area (Å²) in [6, 6.07) is 0. The second kappa shape index (κ2) is 4.55. The summed E-state index contributed by atoms with van der Waals surface area (Å²) in [6.07, 6.45) is 5.67. The summed E-state index contributed by atoms with van der Waals surface area (Å²) in [5, 5.41) is 0. The van der Waals surface area contributed by atoms with E-state index in [0.717, 1.165) is 19.4 Å². The van der Waals surface area contributed by atoms with Gasteiger partial charge in [-0.25, -0.2) is 0 Å². The Morgan fingerprint density at radius 3 is 3.14 bits per heavy atom. The van der Waals surface area contributed by atoms with Crippen molar-refractivity contribution >= 4 is 11.9 Å². The van der Waals surface area contributed by atoms with Gasteiger partial charge in [-0.15, -0.1) is 0 Å². The first-order valence-electron chi connectivity index (χ1n) is 7.50. The number of nitrogens with zero attached hydrogens (tertiary/aromatic N) is 1. The van der Waals surface area contributed by atoms with Crippen molar-refractivity contribution < 1.29 is 23.8 Å². The molecule has 6 nitrogen and oxygen atoms in total. The minimum atomic E-state index is -0.640. The molecule has 21 heavy (non-hydrogen) atoms. The van der Waals surface area contributed by atoms with Crippen LogP contribution >= 0.6 is 0 Å². The lowest BCUT2D eigenvalue weighted by molar-refractivity contribution is -0.151. The molecule has 2 bridgehead atoms. The normalized spacial score (nSPS) is 43.7. The molecule has 5 atom stereocenters. The van der Waals surface area contributed by atoms with Gasteiger partial charge in [-0.3, -0.25) is 9.59 Å². The second-order valence-corrected chi connectivity index (χ2v) is 6.28. The lowest BCUT2D eigenvalue weighted by Gasteiger charge is -2.23. The lowest BCUT2D eigenvalue weighted by atomic mass is 9.77. The Bertz CT molecular complexity index is 512. The van der Waals surface area contributed by atoms with Gasteiger partial charge in [-0.1, -0.05) is 12.2 Å². The van der Waals surface area contributed by atoms with Gasteiger partial charge in [0.1, 0.15) is 11.5 Å². The number of hydrogen-bond donors (Lipinski definition) is 0. The molecule has 0 saturated carbocycles. The topological polar surface area (TPSA) is 65.1 Å². The van der Waals surface area contributed by atoms with Gasteiger partial charge in [0.25, 0.3) is 0 Å². The number of methoxy groups -OCH3 is 1. The molecule has 0 aliphatic carbocycles. The van der Waals surface area contributed by atoms with Gasteiger partial charge >= 0.3 is 5.97 Å². The average Bonchev–Trinajstić information content (AvgIpc) is 3.22. The smallest absolute Gasteiger partial charge is 0.312 e. The maximum Gasteiger partial charge on any atom is 0.312 e. The number of carbonyl (C=O) groups excluding carboxylic acids is 2. The standard InChI is InChI=1S/C15H19NO5/c1-19-14(18)11-10-4-5-15(21-10)8-16(13(17)12(11)15)7-9-3-2-6-20-9/h4-5,9-12H,2-3,6-8H2,1H3/t9?,10-,11?,12-,15+/m0/s1. The van der Waals surface area contributed by atoms with Crippen LogP contribution in [0, 0.1) is 11.8 Å². The van der Waals surface area contributed by atoms with E-state index < -0.39 is 17.4 Å². The van der Waals surface area contributed by atoms with Gasteiger partial charge in [0.2, 0.25) is 5.91 Å². The molecule has 2 unspecified atom stereocenters. The summed E-state index contributed by atoms with van der Waals surface area (Å²) < 4.78 is 16.4. The quantitative estimate of drug-likeness (QED) is 0.546. The fraction of sp³-hybridized carbons (Fsp3) is 0.733. The van der Waals surface area contributed by atoms with Crippen molar-refractivity contribution in [1.82, 2.24) is 4.90 Å². The Labute approximate surface area is 123 Å². The number of esters is 1. The maximum atomic E-state index is 12.7. The largest absolute Gasteiger partial charge is 0.469 e. The monoisotopic (exact) mass is 293 g/mol. The van der Waals surface area contributed by atoms with Crippen LogP contribution in [0.5, 0.6) is 0 Å². The van der Waals surface area contributed by atoms with Crippen molar-refractivity contribution in [3.63, 3.8) is 0 Å². The van der Waals surface area contributed by atoms with Crippen LogP contribution in [0.2, 0.25) is 0 Å². The summed E-state index contributed by atoms with van der Waals surface area (Å²) in [4.78, 5) is 26.5. The maximum absolute atomic E-state index is 12.7. The van der Waals surface area contributed by atoms with Crippen molar-refractivity contribution in [3.05, 3.63) is 12.2 Å². The molecule has 1 spiro atoms. The van der Waals surface area contributed by atoms with E-state index in [2.05, 4.69) is 0 Å². The van der Waals surface area contributed by atoms with Crippen LogP contribution in [-0.4, -0.2) is 61.4 Å². The summed E-state index contributed by atoms with van der Waals surface area (Å²) in [5.41, 5.74) is -0.640. The van der Waals surface area contributed by atoms with E-state index in [4.69, 9.17) is 14.2 Å². The minimum absolute atomic E-state index is 0.00671. The average molecular weight is 293 g/mol. The predicted molar refractivity (Wildman–Crippen MR) is 71.3 cm³/mol. The highest BCUT2D eigenvalue weighted by molar-refractivity contribution is 5.91. The van der Waals surface area contributed by atoms with E-state index in [1.165, 1.54) is 7.11 Å². The molecule has 3 saturated heterocycles. The third-order valence-corrected chi connectivity index (χ3v) is 5.10. The highest BCUT2D eigenvalue weighted by Crippen LogP contribution is 2.52. The first kappa shape index (κ1) is 13.3. The fourth-order valence-corrected chi connectivity index (χ4v) is 4.17. The summed E-state index contributed by atoms with van der Waals surface area (Å²) >= 11 is 0. The molecule has 0 aromatic carbocycles. The molecule has 114 valence electrons. The second-order valence-electron chi connectivity index (χ2n) is 6.28. The van der Waals surface area contributed by atoms with Gasteiger partial charge in [0, 0.05) is 13.2 Å². The fourth-order valence-electron chi connectivity index (χ4n) is 4.17. The predicted octanol–water partition coefficient (Wildman–Crippen LogP) is 0.120. The number of rotatable bonds is 3. The number of amides is 1. The summed E-state index contributed by atoms with van der Waals surface area (Å²) in [6.45, 7) is 1.87. The molecule has 1 amide bonds. The molecule has 3 fully saturated rings. The third kappa shape index (κ3) is 1.78. The van der Waals surface area contributed by atoms with Gasteiger partial charge < -0.3 is 19.1 Å². The molecule has 0 N–H and O–H groups in total. The molecule has 0 radical (unpaired) electrons. The molecule has 4 aliphatic rings. The van der Waals surface area contributed by atoms with E-state index in [1.54, 1.807) is 4.90 Å². The van der Waals surface area contributed by atoms with E-state index in [9.17, 15) is 9.59 Å². The minimum Gasteiger partial charge on any atom is -0.469 e. The van der Waals surface area contributed by atoms with Crippen molar-refractivity contribution in [2.75, 3.05) is 26.8 Å². The number of carbonyl (C=O) groups is 2. The van der Waals surface area contributed by atoms with Crippen molar-refractivity contribution in [2.45, 2.75) is 30.7 Å². The van der Waals surface area contributed by atoms with Gasteiger partial charge in [0.15, 0.2) is 0 Å². The first-order chi connectivity index (χ1) is 10.1. The highest BCUT2D eigenvalue weighted by atomic mass is 16.5. The zero-order valence-corrected chi connectivity index (χ0v) is 12.0. The summed E-state index contributed by atoms with van der Waals surface area (Å²) in [7, 11) is 1.36. The first-order valence-corrected chi connectivity index (χ1v) is 7.50. The third-order valence-electron chi connectivity index (χ3n) is 5.10. The van der Waals surface area contributed by atoms with E-state index >= 15 is 0 Å². The van der Waals surface area contributed by atoms with E-state index in [-0.39, 0.29) is 24.1 Å². The molecular weight excluding hydrogens is 274 g/mol. The van der Waals surface area contributed by atoms with Crippen LogP contribution in [0.25, 0.3) is 0 Å². The Kier molecular flexibility index (Phi) is 2.87. The number of likely N-dealkylation sites (tertiary alicyclic amines) is 1. The highest BCUT2D eigenvalue weighted by Gasteiger charge is 2.67. The van der Waals surface area contributed by atoms with Gasteiger partial charge in [-0.05, 0) is 12.8 Å². The van der Waals surface area contributed by atoms with E-state index in [1.807, 2.05) is 12.2 Å². The van der Waals surface area contributed by atoms with Crippen LogP contribution in [0.4, 0.5) is 0 Å². The number of fused-ring (bicyclic) bond motifs is 1. The Balaban J connectivity index is 1.57. The molecule has 6 heteroatoms. The van der Waals surface area contributed by atoms with Gasteiger partial charge in [-0.2, -0.15) is 0 Å². The molecule has 0 aromatic heterocycles. The number of ether oxygens (including phenoxy) is 3. The molecule has 4 rings (SSSR count). The molecule has 0 aromatic rings. The molecular formula is C15H19NO5. The van der Waals surface area contributed by atoms with Crippen molar-refractivity contribution in [1.29, 1.82) is 0 Å². The zero-order chi connectivity index (χ0) is 14.6. The van der Waals surface area contributed by atoms with Crippen LogP contribution in [0.1, 0.15) is 12.8 Å². The van der Waals surface area contributed by atoms with Crippen LogP contribution in [0.3, 0.4) is 0 Å². The Morgan fingerprint density at radius 1 is 1.57 bits per heavy atom. The van der Waals surface area contributed by atoms with Crippen molar-refractivity contribution in [2.24, 2.45) is 11.8 Å². The Morgan fingerprint density at radius 2 is 2.43 bits per heavy atom. The molecule has 4 aliphatic heterocycles. The van der Waals surface area contributed by atoms with Crippen LogP contribution < -0.4 is 0 Å². The van der Waals surface area contributed by atoms with E-state index in [0.29, 0.717) is 13.1 Å². The SMILES string of the molecule is COC(=O)C1[C@@H]2C=C[C@]3(CN(CC4CCCO4)C(=O)[C@H]13)O2. The van der Waals surface area contributed by atoms with Crippen LogP contribution in [0.15, 0.2) is 12.2 Å². The van der Waals surface area contributed by atoms with Crippen LogP contribution in [-0.2, 0) is 23.8 Å².